The largest absolute Gasteiger partial charge is 0.497 e. The normalized spacial score (nSPS) is 16.0. The predicted molar refractivity (Wildman–Crippen MR) is 114 cm³/mol. The van der Waals surface area contributed by atoms with Crippen LogP contribution in [0.4, 0.5) is 0 Å². The van der Waals surface area contributed by atoms with E-state index < -0.39 is 0 Å². The summed E-state index contributed by atoms with van der Waals surface area (Å²) in [7, 11) is 1.61. The van der Waals surface area contributed by atoms with Crippen LogP contribution in [-0.4, -0.2) is 37.6 Å². The van der Waals surface area contributed by atoms with Crippen LogP contribution in [0, 0.1) is 0 Å². The summed E-state index contributed by atoms with van der Waals surface area (Å²) >= 11 is 0. The van der Waals surface area contributed by atoms with Gasteiger partial charge in [0, 0.05) is 12.1 Å². The molecule has 1 fully saturated rings. The fourth-order valence-electron chi connectivity index (χ4n) is 3.77. The van der Waals surface area contributed by atoms with Crippen molar-refractivity contribution in [2.45, 2.75) is 45.1 Å². The highest BCUT2D eigenvalue weighted by Crippen LogP contribution is 2.28. The molecule has 28 heavy (non-hydrogen) atoms. The fourth-order valence-corrected chi connectivity index (χ4v) is 3.77. The van der Waals surface area contributed by atoms with Crippen molar-refractivity contribution in [2.24, 2.45) is 0 Å². The molecule has 1 atom stereocenters. The van der Waals surface area contributed by atoms with Gasteiger partial charge in [-0.3, -0.25) is 9.69 Å². The molecule has 1 saturated heterocycles. The molecular weight excluding hydrogens is 348 g/mol. The number of rotatable bonds is 6. The van der Waals surface area contributed by atoms with Crippen molar-refractivity contribution in [3.8, 4) is 5.75 Å². The molecule has 1 amide bonds. The minimum atomic E-state index is -0.0607. The summed E-state index contributed by atoms with van der Waals surface area (Å²) in [6.07, 6.45) is 2.45. The Kier molecular flexibility index (Phi) is 6.40. The standard InChI is InChI=1S/C24H32N2O2/c1-24(2,3)20-12-10-18(11-13-20)22(26-14-5-6-15-26)17-25-23(27)19-8-7-9-21(16-19)28-4/h7-13,16,22H,5-6,14-15,17H2,1-4H3,(H,25,27)/t22-/m0/s1. The molecule has 0 aliphatic carbocycles. The third kappa shape index (κ3) is 4.93. The van der Waals surface area contributed by atoms with E-state index in [4.69, 9.17) is 4.74 Å². The molecule has 2 aromatic rings. The van der Waals surface area contributed by atoms with E-state index in [0.29, 0.717) is 17.9 Å². The summed E-state index contributed by atoms with van der Waals surface area (Å²) in [6, 6.07) is 16.4. The topological polar surface area (TPSA) is 41.6 Å². The first-order chi connectivity index (χ1) is 13.4. The minimum absolute atomic E-state index is 0.0607. The second-order valence-corrected chi connectivity index (χ2v) is 8.57. The molecule has 3 rings (SSSR count). The number of ether oxygens (including phenoxy) is 1. The van der Waals surface area contributed by atoms with Crippen LogP contribution in [0.1, 0.15) is 61.1 Å². The second-order valence-electron chi connectivity index (χ2n) is 8.57. The molecule has 1 heterocycles. The Morgan fingerprint density at radius 1 is 1.11 bits per heavy atom. The Morgan fingerprint density at radius 3 is 2.39 bits per heavy atom. The van der Waals surface area contributed by atoms with E-state index >= 15 is 0 Å². The molecule has 0 unspecified atom stereocenters. The summed E-state index contributed by atoms with van der Waals surface area (Å²) in [5.41, 5.74) is 3.36. The Labute approximate surface area is 168 Å². The maximum absolute atomic E-state index is 12.7. The highest BCUT2D eigenvalue weighted by atomic mass is 16.5. The molecule has 1 N–H and O–H groups in total. The summed E-state index contributed by atoms with van der Waals surface area (Å²) < 4.78 is 5.23. The van der Waals surface area contributed by atoms with Crippen LogP contribution < -0.4 is 10.1 Å². The number of amides is 1. The van der Waals surface area contributed by atoms with Gasteiger partial charge in [-0.05, 0) is 60.7 Å². The highest BCUT2D eigenvalue weighted by Gasteiger charge is 2.25. The van der Waals surface area contributed by atoms with Gasteiger partial charge in [-0.2, -0.15) is 0 Å². The van der Waals surface area contributed by atoms with E-state index in [1.165, 1.54) is 24.0 Å². The molecule has 2 aromatic carbocycles. The number of methoxy groups -OCH3 is 1. The SMILES string of the molecule is COc1cccc(C(=O)NC[C@@H](c2ccc(C(C)(C)C)cc2)N2CCCC2)c1. The van der Waals surface area contributed by atoms with Crippen LogP contribution in [0.3, 0.4) is 0 Å². The first-order valence-corrected chi connectivity index (χ1v) is 10.2. The number of hydrogen-bond acceptors (Lipinski definition) is 3. The van der Waals surface area contributed by atoms with Crippen molar-refractivity contribution >= 4 is 5.91 Å². The third-order valence-electron chi connectivity index (χ3n) is 5.53. The predicted octanol–water partition coefficient (Wildman–Crippen LogP) is 4.56. The van der Waals surface area contributed by atoms with Gasteiger partial charge in [-0.15, -0.1) is 0 Å². The van der Waals surface area contributed by atoms with Gasteiger partial charge in [0.1, 0.15) is 5.75 Å². The maximum atomic E-state index is 12.7. The van der Waals surface area contributed by atoms with Crippen LogP contribution in [0.15, 0.2) is 48.5 Å². The molecule has 0 radical (unpaired) electrons. The van der Waals surface area contributed by atoms with Crippen molar-refractivity contribution < 1.29 is 9.53 Å². The Bertz CT molecular complexity index is 787. The number of nitrogens with zero attached hydrogens (tertiary/aromatic N) is 1. The molecule has 1 aliphatic rings. The highest BCUT2D eigenvalue weighted by molar-refractivity contribution is 5.94. The monoisotopic (exact) mass is 380 g/mol. The zero-order valence-electron chi connectivity index (χ0n) is 17.5. The van der Waals surface area contributed by atoms with Gasteiger partial charge < -0.3 is 10.1 Å². The molecule has 4 heteroatoms. The molecule has 0 saturated carbocycles. The van der Waals surface area contributed by atoms with Crippen molar-refractivity contribution in [1.82, 2.24) is 10.2 Å². The van der Waals surface area contributed by atoms with Crippen molar-refractivity contribution in [3.63, 3.8) is 0 Å². The van der Waals surface area contributed by atoms with E-state index in [1.807, 2.05) is 18.2 Å². The van der Waals surface area contributed by atoms with Crippen LogP contribution in [0.5, 0.6) is 5.75 Å². The average Bonchev–Trinajstić information content (AvgIpc) is 3.22. The fraction of sp³-hybridized carbons (Fsp3) is 0.458. The van der Waals surface area contributed by atoms with Gasteiger partial charge in [0.2, 0.25) is 0 Å². The molecule has 4 nitrogen and oxygen atoms in total. The summed E-state index contributed by atoms with van der Waals surface area (Å²) in [4.78, 5) is 15.1. The zero-order valence-corrected chi connectivity index (χ0v) is 17.5. The Hall–Kier alpha value is -2.33. The van der Waals surface area contributed by atoms with Gasteiger partial charge in [0.05, 0.1) is 13.2 Å². The Morgan fingerprint density at radius 2 is 1.79 bits per heavy atom. The number of nitrogens with one attached hydrogen (secondary N) is 1. The first kappa shape index (κ1) is 20.4. The van der Waals surface area contributed by atoms with E-state index in [-0.39, 0.29) is 17.4 Å². The third-order valence-corrected chi connectivity index (χ3v) is 5.53. The number of benzene rings is 2. The number of likely N-dealkylation sites (tertiary alicyclic amines) is 1. The maximum Gasteiger partial charge on any atom is 0.251 e. The van der Waals surface area contributed by atoms with E-state index in [1.54, 1.807) is 13.2 Å². The van der Waals surface area contributed by atoms with Gasteiger partial charge in [-0.25, -0.2) is 0 Å². The number of hydrogen-bond donors (Lipinski definition) is 1. The van der Waals surface area contributed by atoms with Gasteiger partial charge in [0.25, 0.3) is 5.91 Å². The lowest BCUT2D eigenvalue weighted by atomic mass is 9.86. The molecular formula is C24H32N2O2. The lowest BCUT2D eigenvalue weighted by Gasteiger charge is -2.29. The minimum Gasteiger partial charge on any atom is -0.497 e. The Balaban J connectivity index is 1.74. The van der Waals surface area contributed by atoms with Gasteiger partial charge in [0.15, 0.2) is 0 Å². The average molecular weight is 381 g/mol. The van der Waals surface area contributed by atoms with E-state index in [9.17, 15) is 4.79 Å². The van der Waals surface area contributed by atoms with Crippen molar-refractivity contribution in [2.75, 3.05) is 26.7 Å². The van der Waals surface area contributed by atoms with Gasteiger partial charge >= 0.3 is 0 Å². The summed E-state index contributed by atoms with van der Waals surface area (Å²) in [5.74, 6) is 0.635. The second kappa shape index (κ2) is 8.78. The quantitative estimate of drug-likeness (QED) is 0.799. The summed E-state index contributed by atoms with van der Waals surface area (Å²) in [6.45, 7) is 9.46. The smallest absolute Gasteiger partial charge is 0.251 e. The van der Waals surface area contributed by atoms with E-state index in [2.05, 4.69) is 55.3 Å². The van der Waals surface area contributed by atoms with Gasteiger partial charge in [-0.1, -0.05) is 51.1 Å². The zero-order chi connectivity index (χ0) is 20.1. The van der Waals surface area contributed by atoms with Crippen LogP contribution in [0.25, 0.3) is 0 Å². The van der Waals surface area contributed by atoms with E-state index in [0.717, 1.165) is 13.1 Å². The first-order valence-electron chi connectivity index (χ1n) is 10.2. The molecule has 1 aliphatic heterocycles. The molecule has 0 spiro atoms. The van der Waals surface area contributed by atoms with Crippen LogP contribution in [0.2, 0.25) is 0 Å². The van der Waals surface area contributed by atoms with Crippen LogP contribution in [-0.2, 0) is 5.41 Å². The van der Waals surface area contributed by atoms with Crippen LogP contribution >= 0.6 is 0 Å². The summed E-state index contributed by atoms with van der Waals surface area (Å²) in [5, 5.41) is 3.13. The molecule has 0 bridgehead atoms. The lowest BCUT2D eigenvalue weighted by Crippen LogP contribution is -2.36. The number of carbonyl (C=O) groups is 1. The molecule has 150 valence electrons. The molecule has 0 aromatic heterocycles. The van der Waals surface area contributed by atoms with Crippen molar-refractivity contribution in [3.05, 3.63) is 65.2 Å². The number of carbonyl (C=O) groups excluding carboxylic acids is 1. The van der Waals surface area contributed by atoms with Crippen molar-refractivity contribution in [1.29, 1.82) is 0 Å². The lowest BCUT2D eigenvalue weighted by molar-refractivity contribution is 0.0937.